The molecule has 0 spiro atoms. The van der Waals surface area contributed by atoms with Crippen molar-refractivity contribution in [2.75, 3.05) is 0 Å². The van der Waals surface area contributed by atoms with Crippen LogP contribution in [0.1, 0.15) is 0 Å². The van der Waals surface area contributed by atoms with E-state index < -0.39 is 6.16 Å². The SMILES string of the molecule is O=C(O)O.[CsH].[Yb]. The van der Waals surface area contributed by atoms with Crippen LogP contribution < -0.4 is 0 Å². The zero-order valence-electron chi connectivity index (χ0n) is 2.07. The number of hydrogen-bond acceptors (Lipinski definition) is 1. The zero-order valence-corrected chi connectivity index (χ0v) is 3.78. The van der Waals surface area contributed by atoms with Crippen molar-refractivity contribution in [2.24, 2.45) is 0 Å². The van der Waals surface area contributed by atoms with Crippen LogP contribution in [0.25, 0.3) is 0 Å². The van der Waals surface area contributed by atoms with Crippen molar-refractivity contribution in [1.82, 2.24) is 0 Å². The summed E-state index contributed by atoms with van der Waals surface area (Å²) in [5.74, 6) is 0. The maximum Gasteiger partial charge on any atom is 0 e. The topological polar surface area (TPSA) is 57.5 Å². The summed E-state index contributed by atoms with van der Waals surface area (Å²) in [6.45, 7) is 0. The first-order valence-electron chi connectivity index (χ1n) is 0.651. The van der Waals surface area contributed by atoms with Crippen molar-refractivity contribution >= 4 is 75.0 Å². The second-order valence-electron chi connectivity index (χ2n) is 0.283. The minimum Gasteiger partial charge on any atom is 0 e. The molecule has 0 bridgehead atoms. The number of rotatable bonds is 0. The summed E-state index contributed by atoms with van der Waals surface area (Å²) in [5.41, 5.74) is 0. The van der Waals surface area contributed by atoms with Gasteiger partial charge >= 0.3 is 75.0 Å². The predicted molar refractivity (Wildman–Crippen MR) is 17.8 cm³/mol. The van der Waals surface area contributed by atoms with E-state index in [1.807, 2.05) is 0 Å². The van der Waals surface area contributed by atoms with Gasteiger partial charge in [0.1, 0.15) is 0 Å². The summed E-state index contributed by atoms with van der Waals surface area (Å²) in [5, 5.41) is 13.9. The zero-order chi connectivity index (χ0) is 3.58. The van der Waals surface area contributed by atoms with Gasteiger partial charge in [0, 0.05) is 46.9 Å². The molecule has 0 atom stereocenters. The third kappa shape index (κ3) is 28.9. The van der Waals surface area contributed by atoms with Crippen molar-refractivity contribution in [3.05, 3.63) is 0 Å². The van der Waals surface area contributed by atoms with Crippen LogP contribution in [-0.2, 0) is 0 Å². The fraction of sp³-hybridized carbons (Fsp3) is 0. The molecule has 0 heterocycles. The fourth-order valence-electron chi connectivity index (χ4n) is 0. The molecule has 2 N–H and O–H groups in total. The largest absolute Gasteiger partial charge is 0 e. The van der Waals surface area contributed by atoms with E-state index in [0.29, 0.717) is 0 Å². The minimum atomic E-state index is -1.83. The Hall–Kier alpha value is 2.84. The summed E-state index contributed by atoms with van der Waals surface area (Å²) in [7, 11) is 0. The maximum absolute atomic E-state index is 8.56. The molecule has 0 amide bonds. The average molecular weight is 369 g/mol. The fourth-order valence-corrected chi connectivity index (χ4v) is 0. The maximum atomic E-state index is 8.56. The molecule has 3 nitrogen and oxygen atoms in total. The smallest absolute Gasteiger partial charge is 0 e. The summed E-state index contributed by atoms with van der Waals surface area (Å²) in [4.78, 5) is 8.56. The van der Waals surface area contributed by atoms with Gasteiger partial charge in [-0.2, -0.15) is 0 Å². The van der Waals surface area contributed by atoms with Crippen LogP contribution in [0.15, 0.2) is 0 Å². The molecule has 0 fully saturated rings. The van der Waals surface area contributed by atoms with Crippen LogP contribution >= 0.6 is 0 Å². The summed E-state index contributed by atoms with van der Waals surface area (Å²) in [6.07, 6.45) is -1.83. The van der Waals surface area contributed by atoms with Crippen molar-refractivity contribution < 1.29 is 61.9 Å². The molecule has 0 aliphatic heterocycles. The van der Waals surface area contributed by atoms with Crippen molar-refractivity contribution in [3.8, 4) is 0 Å². The van der Waals surface area contributed by atoms with Gasteiger partial charge in [0.15, 0.2) is 0 Å². The Kier molecular flexibility index (Phi) is 28.6. The van der Waals surface area contributed by atoms with Crippen molar-refractivity contribution in [3.63, 3.8) is 0 Å². The van der Waals surface area contributed by atoms with Crippen LogP contribution in [0.3, 0.4) is 0 Å². The van der Waals surface area contributed by atoms with E-state index in [1.54, 1.807) is 0 Å². The van der Waals surface area contributed by atoms with E-state index in [4.69, 9.17) is 15.0 Å². The van der Waals surface area contributed by atoms with Crippen LogP contribution in [0.4, 0.5) is 4.79 Å². The standard InChI is InChI=1S/CH2O3.Cs.Yb.H/c2-1(3)4;;;/h(H2,2,3,4);;;. The van der Waals surface area contributed by atoms with E-state index in [0.717, 1.165) is 0 Å². The third-order valence-corrected chi connectivity index (χ3v) is 0. The van der Waals surface area contributed by atoms with Crippen LogP contribution in [0.5, 0.6) is 0 Å². The van der Waals surface area contributed by atoms with E-state index in [2.05, 4.69) is 0 Å². The molecule has 0 saturated heterocycles. The summed E-state index contributed by atoms with van der Waals surface area (Å²) >= 11 is 0. The number of hydrogen-bond donors (Lipinski definition) is 2. The van der Waals surface area contributed by atoms with Gasteiger partial charge < -0.3 is 10.2 Å². The molecular weight excluding hydrogens is 366 g/mol. The van der Waals surface area contributed by atoms with Gasteiger partial charge in [0.25, 0.3) is 0 Å². The second kappa shape index (κ2) is 10.8. The molecule has 0 aromatic heterocycles. The van der Waals surface area contributed by atoms with E-state index in [9.17, 15) is 0 Å². The Labute approximate surface area is 133 Å². The van der Waals surface area contributed by atoms with Crippen LogP contribution in [0.2, 0.25) is 0 Å². The Morgan fingerprint density at radius 1 is 1.33 bits per heavy atom. The number of carbonyl (C=O) groups is 1. The molecule has 40 valence electrons. The molecule has 5 heteroatoms. The Morgan fingerprint density at radius 2 is 1.33 bits per heavy atom. The van der Waals surface area contributed by atoms with Gasteiger partial charge in [-0.3, -0.25) is 0 Å². The second-order valence-corrected chi connectivity index (χ2v) is 0.283. The molecule has 6 heavy (non-hydrogen) atoms. The van der Waals surface area contributed by atoms with E-state index in [-0.39, 0.29) is 116 Å². The Morgan fingerprint density at radius 3 is 1.33 bits per heavy atom. The Balaban J connectivity index is -0.0000000450. The first-order chi connectivity index (χ1) is 1.73. The number of carboxylic acid groups (broad SMARTS) is 2. The van der Waals surface area contributed by atoms with Gasteiger partial charge in [-0.1, -0.05) is 0 Å². The Bertz CT molecular complexity index is 33.8. The molecular formula is CH3CsO3Yb. The average Bonchev–Trinajstić information content (AvgIpc) is 0.811. The molecule has 0 radical (unpaired) electrons. The molecule has 0 rings (SSSR count). The first kappa shape index (κ1) is 15.9. The minimum absolute atomic E-state index is 0. The van der Waals surface area contributed by atoms with Crippen molar-refractivity contribution in [2.45, 2.75) is 0 Å². The van der Waals surface area contributed by atoms with Crippen LogP contribution in [-0.4, -0.2) is 85.3 Å². The molecule has 0 unspecified atom stereocenters. The molecule has 0 aromatic carbocycles. The van der Waals surface area contributed by atoms with E-state index >= 15 is 0 Å². The third-order valence-electron chi connectivity index (χ3n) is 0. The molecule has 0 aliphatic rings. The predicted octanol–water partition coefficient (Wildman–Crippen LogP) is -0.426. The van der Waals surface area contributed by atoms with Gasteiger partial charge in [-0.05, 0) is 0 Å². The molecule has 0 saturated carbocycles. The van der Waals surface area contributed by atoms with Crippen molar-refractivity contribution in [1.29, 1.82) is 0 Å². The summed E-state index contributed by atoms with van der Waals surface area (Å²) in [6, 6.07) is 0. The first-order valence-corrected chi connectivity index (χ1v) is 0.651. The monoisotopic (exact) mass is 370 g/mol. The quantitative estimate of drug-likeness (QED) is 0.610. The van der Waals surface area contributed by atoms with Gasteiger partial charge in [-0.25, -0.2) is 4.79 Å². The van der Waals surface area contributed by atoms with Gasteiger partial charge in [-0.15, -0.1) is 0 Å². The van der Waals surface area contributed by atoms with Crippen LogP contribution in [0, 0.1) is 46.9 Å². The summed E-state index contributed by atoms with van der Waals surface area (Å²) < 4.78 is 0. The van der Waals surface area contributed by atoms with Gasteiger partial charge in [0.05, 0.1) is 0 Å². The van der Waals surface area contributed by atoms with E-state index in [1.165, 1.54) is 0 Å². The molecule has 0 aliphatic carbocycles. The normalized spacial score (nSPS) is 4.00. The van der Waals surface area contributed by atoms with Gasteiger partial charge in [0.2, 0.25) is 0 Å². The molecule has 0 aromatic rings.